The Kier molecular flexibility index (Phi) is 8.13. The van der Waals surface area contributed by atoms with Gasteiger partial charge >= 0.3 is 5.97 Å². The molecule has 0 aliphatic carbocycles. The number of H-pyrrole nitrogens is 2. The van der Waals surface area contributed by atoms with Gasteiger partial charge in [-0.2, -0.15) is 0 Å². The van der Waals surface area contributed by atoms with Gasteiger partial charge in [0, 0.05) is 35.5 Å². The fourth-order valence-electron chi connectivity index (χ4n) is 4.52. The van der Waals surface area contributed by atoms with Crippen molar-refractivity contribution in [3.8, 4) is 22.9 Å². The molecule has 0 saturated heterocycles. The molecule has 0 amide bonds. The standard InChI is InChI=1S/C31H32N4O3/c1-37-30(36)10-5-3-2-4-7-22-11-13-23(14-12-22)19-29-33-31(35-34-29)25-8-6-9-26(21-25)38-27-15-16-28-24(20-27)17-18-32-28/h6,8-9,11-18,20-21,32H,2-5,7,10,19H2,1H3,(H,33,34,35). The van der Waals surface area contributed by atoms with Gasteiger partial charge in [-0.25, -0.2) is 0 Å². The Balaban J connectivity index is 1.13. The van der Waals surface area contributed by atoms with Crippen LogP contribution in [-0.4, -0.2) is 33.2 Å². The molecule has 2 aromatic heterocycles. The highest BCUT2D eigenvalue weighted by Gasteiger charge is 2.09. The maximum atomic E-state index is 11.2. The molecule has 3 aromatic carbocycles. The molecule has 38 heavy (non-hydrogen) atoms. The summed E-state index contributed by atoms with van der Waals surface area (Å²) in [5.41, 5.74) is 4.52. The normalized spacial score (nSPS) is 11.1. The van der Waals surface area contributed by atoms with Gasteiger partial charge in [0.15, 0.2) is 5.82 Å². The molecule has 0 unspecified atom stereocenters. The van der Waals surface area contributed by atoms with E-state index in [0.717, 1.165) is 71.7 Å². The van der Waals surface area contributed by atoms with E-state index < -0.39 is 0 Å². The number of nitrogens with one attached hydrogen (secondary N) is 2. The number of aromatic amines is 2. The number of esters is 1. The summed E-state index contributed by atoms with van der Waals surface area (Å²) in [5.74, 6) is 2.95. The first-order valence-electron chi connectivity index (χ1n) is 13.1. The number of benzene rings is 3. The van der Waals surface area contributed by atoms with E-state index in [-0.39, 0.29) is 5.97 Å². The molecule has 0 radical (unpaired) electrons. The number of nitrogens with zero attached hydrogens (tertiary/aromatic N) is 2. The number of ether oxygens (including phenoxy) is 2. The molecule has 2 heterocycles. The van der Waals surface area contributed by atoms with Crippen LogP contribution in [0.1, 0.15) is 49.1 Å². The highest BCUT2D eigenvalue weighted by molar-refractivity contribution is 5.80. The van der Waals surface area contributed by atoms with Gasteiger partial charge < -0.3 is 19.4 Å². The lowest BCUT2D eigenvalue weighted by molar-refractivity contribution is -0.140. The number of aromatic nitrogens is 4. The van der Waals surface area contributed by atoms with E-state index >= 15 is 0 Å². The van der Waals surface area contributed by atoms with Crippen LogP contribution >= 0.6 is 0 Å². The summed E-state index contributed by atoms with van der Waals surface area (Å²) in [7, 11) is 1.44. The molecule has 0 spiro atoms. The smallest absolute Gasteiger partial charge is 0.305 e. The minimum Gasteiger partial charge on any atom is -0.469 e. The highest BCUT2D eigenvalue weighted by atomic mass is 16.5. The minimum absolute atomic E-state index is 0.122. The van der Waals surface area contributed by atoms with E-state index in [1.165, 1.54) is 18.2 Å². The van der Waals surface area contributed by atoms with Gasteiger partial charge in [-0.05, 0) is 66.8 Å². The summed E-state index contributed by atoms with van der Waals surface area (Å²) in [6.07, 6.45) is 8.36. The lowest BCUT2D eigenvalue weighted by Gasteiger charge is -2.07. The van der Waals surface area contributed by atoms with Crippen molar-refractivity contribution >= 4 is 16.9 Å². The maximum Gasteiger partial charge on any atom is 0.305 e. The second-order valence-corrected chi connectivity index (χ2v) is 9.46. The van der Waals surface area contributed by atoms with Crippen LogP contribution in [0.4, 0.5) is 0 Å². The van der Waals surface area contributed by atoms with Crippen molar-refractivity contribution < 1.29 is 14.3 Å². The van der Waals surface area contributed by atoms with Crippen LogP contribution in [0.25, 0.3) is 22.3 Å². The lowest BCUT2D eigenvalue weighted by Crippen LogP contribution is -1.99. The zero-order valence-corrected chi connectivity index (χ0v) is 21.6. The van der Waals surface area contributed by atoms with Gasteiger partial charge in [-0.15, -0.1) is 10.2 Å². The fourth-order valence-corrected chi connectivity index (χ4v) is 4.52. The predicted octanol–water partition coefficient (Wildman–Crippen LogP) is 7.00. The van der Waals surface area contributed by atoms with Gasteiger partial charge in [0.1, 0.15) is 17.3 Å². The van der Waals surface area contributed by atoms with Crippen LogP contribution in [0.15, 0.2) is 79.0 Å². The van der Waals surface area contributed by atoms with Crippen molar-refractivity contribution in [1.82, 2.24) is 20.2 Å². The van der Waals surface area contributed by atoms with Crippen LogP contribution in [0.5, 0.6) is 11.5 Å². The van der Waals surface area contributed by atoms with Crippen molar-refractivity contribution in [2.24, 2.45) is 0 Å². The average Bonchev–Trinajstić information content (AvgIpc) is 3.61. The minimum atomic E-state index is -0.122. The van der Waals surface area contributed by atoms with E-state index in [2.05, 4.69) is 49.2 Å². The molecule has 7 heteroatoms. The van der Waals surface area contributed by atoms with E-state index in [4.69, 9.17) is 4.74 Å². The van der Waals surface area contributed by atoms with E-state index in [0.29, 0.717) is 12.8 Å². The number of hydrogen-bond donors (Lipinski definition) is 2. The Morgan fingerprint density at radius 2 is 1.66 bits per heavy atom. The number of fused-ring (bicyclic) bond motifs is 1. The van der Waals surface area contributed by atoms with Crippen LogP contribution < -0.4 is 4.74 Å². The third kappa shape index (κ3) is 6.68. The number of unbranched alkanes of at least 4 members (excludes halogenated alkanes) is 3. The molecule has 5 aromatic rings. The zero-order chi connectivity index (χ0) is 26.2. The molecule has 0 aliphatic rings. The molecule has 0 aliphatic heterocycles. The van der Waals surface area contributed by atoms with Crippen molar-refractivity contribution in [2.75, 3.05) is 7.11 Å². The molecular formula is C31H32N4O3. The molecule has 7 nitrogen and oxygen atoms in total. The first-order valence-corrected chi connectivity index (χ1v) is 13.1. The molecule has 5 rings (SSSR count). The molecular weight excluding hydrogens is 476 g/mol. The van der Waals surface area contributed by atoms with Crippen molar-refractivity contribution in [1.29, 1.82) is 0 Å². The SMILES string of the molecule is COC(=O)CCCCCCc1ccc(Cc2nnc(-c3cccc(Oc4ccc5[nH]ccc5c4)c3)[nH]2)cc1. The van der Waals surface area contributed by atoms with Gasteiger partial charge in [0.25, 0.3) is 0 Å². The van der Waals surface area contributed by atoms with Crippen molar-refractivity contribution in [3.05, 3.63) is 95.9 Å². The van der Waals surface area contributed by atoms with Crippen molar-refractivity contribution in [3.63, 3.8) is 0 Å². The predicted molar refractivity (Wildman–Crippen MR) is 148 cm³/mol. The number of methoxy groups -OCH3 is 1. The number of aryl methyl sites for hydroxylation is 1. The zero-order valence-electron chi connectivity index (χ0n) is 21.6. The monoisotopic (exact) mass is 508 g/mol. The summed E-state index contributed by atoms with van der Waals surface area (Å²) < 4.78 is 10.8. The molecule has 0 saturated carbocycles. The topological polar surface area (TPSA) is 92.9 Å². The van der Waals surface area contributed by atoms with Crippen molar-refractivity contribution in [2.45, 2.75) is 44.9 Å². The average molecular weight is 509 g/mol. The number of carbonyl (C=O) groups is 1. The summed E-state index contributed by atoms with van der Waals surface area (Å²) in [4.78, 5) is 17.7. The maximum absolute atomic E-state index is 11.2. The van der Waals surface area contributed by atoms with E-state index in [9.17, 15) is 4.79 Å². The van der Waals surface area contributed by atoms with E-state index in [1.54, 1.807) is 0 Å². The third-order valence-corrected chi connectivity index (χ3v) is 6.62. The number of rotatable bonds is 12. The second-order valence-electron chi connectivity index (χ2n) is 9.46. The molecule has 0 fully saturated rings. The Bertz CT molecular complexity index is 1490. The third-order valence-electron chi connectivity index (χ3n) is 6.62. The Labute approximate surface area is 222 Å². The van der Waals surface area contributed by atoms with Crippen LogP contribution in [0.3, 0.4) is 0 Å². The van der Waals surface area contributed by atoms with Crippen LogP contribution in [-0.2, 0) is 22.4 Å². The summed E-state index contributed by atoms with van der Waals surface area (Å²) >= 11 is 0. The van der Waals surface area contributed by atoms with Gasteiger partial charge in [0.05, 0.1) is 7.11 Å². The summed E-state index contributed by atoms with van der Waals surface area (Å²) in [5, 5.41) is 9.85. The summed E-state index contributed by atoms with van der Waals surface area (Å²) in [6, 6.07) is 24.6. The first kappa shape index (κ1) is 25.3. The number of hydrogen-bond acceptors (Lipinski definition) is 5. The molecule has 0 bridgehead atoms. The van der Waals surface area contributed by atoms with Crippen LogP contribution in [0, 0.1) is 0 Å². The Morgan fingerprint density at radius 1 is 0.842 bits per heavy atom. The molecule has 2 N–H and O–H groups in total. The quantitative estimate of drug-likeness (QED) is 0.140. The Morgan fingerprint density at radius 3 is 2.53 bits per heavy atom. The van der Waals surface area contributed by atoms with E-state index in [1.807, 2.05) is 54.7 Å². The largest absolute Gasteiger partial charge is 0.469 e. The summed E-state index contributed by atoms with van der Waals surface area (Å²) in [6.45, 7) is 0. The molecule has 194 valence electrons. The molecule has 0 atom stereocenters. The van der Waals surface area contributed by atoms with Gasteiger partial charge in [-0.1, -0.05) is 49.2 Å². The highest BCUT2D eigenvalue weighted by Crippen LogP contribution is 2.28. The first-order chi connectivity index (χ1) is 18.7. The number of carbonyl (C=O) groups excluding carboxylic acids is 1. The van der Waals surface area contributed by atoms with Gasteiger partial charge in [-0.3, -0.25) is 4.79 Å². The lowest BCUT2D eigenvalue weighted by atomic mass is 10.0. The Hall–Kier alpha value is -4.39. The van der Waals surface area contributed by atoms with Crippen LogP contribution in [0.2, 0.25) is 0 Å². The fraction of sp³-hybridized carbons (Fsp3) is 0.258. The van der Waals surface area contributed by atoms with Gasteiger partial charge in [0.2, 0.25) is 0 Å². The second kappa shape index (κ2) is 12.2.